The Bertz CT molecular complexity index is 1030. The number of halogens is 1. The van der Waals surface area contributed by atoms with Gasteiger partial charge in [-0.1, -0.05) is 23.7 Å². The van der Waals surface area contributed by atoms with E-state index < -0.39 is 4.92 Å². The van der Waals surface area contributed by atoms with E-state index in [0.29, 0.717) is 33.1 Å². The third-order valence-corrected chi connectivity index (χ3v) is 4.10. The van der Waals surface area contributed by atoms with Crippen molar-refractivity contribution in [3.05, 3.63) is 68.9 Å². The molecule has 1 aliphatic rings. The van der Waals surface area contributed by atoms with E-state index in [-0.39, 0.29) is 12.5 Å². The topological polar surface area (TPSA) is 74.5 Å². The fourth-order valence-electron chi connectivity index (χ4n) is 2.67. The van der Waals surface area contributed by atoms with E-state index in [9.17, 15) is 10.1 Å². The Morgan fingerprint density at radius 2 is 2.04 bits per heavy atom. The molecule has 1 aliphatic heterocycles. The number of ether oxygens (including phenoxy) is 2. The molecule has 3 aromatic rings. The summed E-state index contributed by atoms with van der Waals surface area (Å²) >= 11 is 6.16. The van der Waals surface area contributed by atoms with Crippen molar-refractivity contribution < 1.29 is 14.4 Å². The van der Waals surface area contributed by atoms with Crippen LogP contribution in [0.2, 0.25) is 5.02 Å². The molecular formula is C18H11ClN2O4. The molecule has 2 heterocycles. The molecule has 124 valence electrons. The van der Waals surface area contributed by atoms with Crippen molar-refractivity contribution in [2.75, 3.05) is 6.79 Å². The van der Waals surface area contributed by atoms with Gasteiger partial charge in [-0.15, -0.1) is 0 Å². The minimum absolute atomic E-state index is 0.0445. The summed E-state index contributed by atoms with van der Waals surface area (Å²) in [5.74, 6) is 1.16. The van der Waals surface area contributed by atoms with E-state index in [2.05, 4.69) is 4.98 Å². The van der Waals surface area contributed by atoms with Crippen molar-refractivity contribution in [2.24, 2.45) is 0 Å². The minimum atomic E-state index is -0.409. The van der Waals surface area contributed by atoms with Crippen molar-refractivity contribution >= 4 is 40.3 Å². The number of nitro groups is 1. The first-order chi connectivity index (χ1) is 12.1. The minimum Gasteiger partial charge on any atom is -0.454 e. The Balaban J connectivity index is 1.68. The highest BCUT2D eigenvalue weighted by atomic mass is 35.5. The smallest absolute Gasteiger partial charge is 0.278 e. The number of pyridine rings is 1. The molecule has 0 spiro atoms. The van der Waals surface area contributed by atoms with Crippen molar-refractivity contribution in [1.82, 2.24) is 4.98 Å². The first-order valence-corrected chi connectivity index (χ1v) is 7.81. The second kappa shape index (κ2) is 6.07. The van der Waals surface area contributed by atoms with Crippen LogP contribution in [0.3, 0.4) is 0 Å². The number of hydrogen-bond acceptors (Lipinski definition) is 5. The van der Waals surface area contributed by atoms with Crippen molar-refractivity contribution in [2.45, 2.75) is 0 Å². The molecule has 4 rings (SSSR count). The molecule has 0 fully saturated rings. The van der Waals surface area contributed by atoms with E-state index in [4.69, 9.17) is 21.1 Å². The summed E-state index contributed by atoms with van der Waals surface area (Å²) in [5, 5.41) is 12.1. The van der Waals surface area contributed by atoms with Crippen LogP contribution in [0.25, 0.3) is 23.1 Å². The average molecular weight is 355 g/mol. The predicted molar refractivity (Wildman–Crippen MR) is 94.9 cm³/mol. The number of nitro benzene ring substituents is 1. The molecule has 0 saturated carbocycles. The highest BCUT2D eigenvalue weighted by molar-refractivity contribution is 6.32. The molecule has 6 nitrogen and oxygen atoms in total. The van der Waals surface area contributed by atoms with Crippen molar-refractivity contribution in [3.63, 3.8) is 0 Å². The fraction of sp³-hybridized carbons (Fsp3) is 0.0556. The fourth-order valence-corrected chi connectivity index (χ4v) is 2.95. The van der Waals surface area contributed by atoms with E-state index in [1.165, 1.54) is 6.07 Å². The summed E-state index contributed by atoms with van der Waals surface area (Å²) in [4.78, 5) is 15.1. The highest BCUT2D eigenvalue weighted by Crippen LogP contribution is 2.40. The van der Waals surface area contributed by atoms with Gasteiger partial charge in [-0.2, -0.15) is 0 Å². The van der Waals surface area contributed by atoms with E-state index in [0.717, 1.165) is 5.56 Å². The molecule has 0 radical (unpaired) electrons. The summed E-state index contributed by atoms with van der Waals surface area (Å²) in [6.45, 7) is 0.160. The number of rotatable bonds is 3. The number of benzene rings is 2. The van der Waals surface area contributed by atoms with Gasteiger partial charge in [0.2, 0.25) is 6.79 Å². The van der Waals surface area contributed by atoms with Crippen molar-refractivity contribution in [3.8, 4) is 11.5 Å². The van der Waals surface area contributed by atoms with Gasteiger partial charge in [0, 0.05) is 6.07 Å². The van der Waals surface area contributed by atoms with Gasteiger partial charge in [0.25, 0.3) is 5.69 Å². The molecule has 1 aromatic heterocycles. The lowest BCUT2D eigenvalue weighted by Crippen LogP contribution is -1.93. The summed E-state index contributed by atoms with van der Waals surface area (Å²) in [7, 11) is 0. The molecule has 7 heteroatoms. The molecule has 0 bridgehead atoms. The van der Waals surface area contributed by atoms with Crippen LogP contribution in [0.4, 0.5) is 5.69 Å². The van der Waals surface area contributed by atoms with Gasteiger partial charge in [0.05, 0.1) is 26.5 Å². The Morgan fingerprint density at radius 1 is 1.16 bits per heavy atom. The second-order valence-electron chi connectivity index (χ2n) is 5.41. The van der Waals surface area contributed by atoms with Gasteiger partial charge >= 0.3 is 0 Å². The molecule has 0 N–H and O–H groups in total. The lowest BCUT2D eigenvalue weighted by atomic mass is 10.1. The van der Waals surface area contributed by atoms with Crippen LogP contribution in [0.5, 0.6) is 11.5 Å². The third kappa shape index (κ3) is 2.88. The first-order valence-electron chi connectivity index (χ1n) is 7.43. The molecule has 0 unspecified atom stereocenters. The van der Waals surface area contributed by atoms with Gasteiger partial charge in [0.1, 0.15) is 0 Å². The zero-order chi connectivity index (χ0) is 17.4. The monoisotopic (exact) mass is 354 g/mol. The van der Waals surface area contributed by atoms with Crippen LogP contribution >= 0.6 is 11.6 Å². The van der Waals surface area contributed by atoms with E-state index in [1.807, 2.05) is 18.2 Å². The Hall–Kier alpha value is -3.12. The van der Waals surface area contributed by atoms with Crippen LogP contribution < -0.4 is 9.47 Å². The van der Waals surface area contributed by atoms with Gasteiger partial charge in [-0.05, 0) is 42.0 Å². The van der Waals surface area contributed by atoms with Crippen molar-refractivity contribution in [1.29, 1.82) is 0 Å². The second-order valence-corrected chi connectivity index (χ2v) is 5.81. The summed E-state index contributed by atoms with van der Waals surface area (Å²) in [6.07, 6.45) is 3.66. The standard InChI is InChI=1S/C18H11ClN2O4/c19-14-8-11(9-17-18(14)25-10-24-17)4-5-12-6-7-13-15(20-12)2-1-3-16(13)21(22)23/h1-9H,10H2/b5-4+. The molecule has 2 aromatic carbocycles. The SMILES string of the molecule is O=[N+]([O-])c1cccc2nc(/C=C/c3cc(Cl)c4c(c3)OCO4)ccc12. The molecule has 25 heavy (non-hydrogen) atoms. The third-order valence-electron chi connectivity index (χ3n) is 3.82. The first kappa shape index (κ1) is 15.4. The quantitative estimate of drug-likeness (QED) is 0.503. The lowest BCUT2D eigenvalue weighted by molar-refractivity contribution is -0.383. The van der Waals surface area contributed by atoms with Gasteiger partial charge in [0.15, 0.2) is 11.5 Å². The van der Waals surface area contributed by atoms with Crippen LogP contribution in [0.1, 0.15) is 11.3 Å². The number of fused-ring (bicyclic) bond motifs is 2. The predicted octanol–water partition coefficient (Wildman–Crippen LogP) is 4.70. The maximum atomic E-state index is 11.1. The van der Waals surface area contributed by atoms with Gasteiger partial charge < -0.3 is 9.47 Å². The average Bonchev–Trinajstić information content (AvgIpc) is 3.08. The maximum Gasteiger partial charge on any atom is 0.278 e. The molecule has 0 atom stereocenters. The van der Waals surface area contributed by atoms with Gasteiger partial charge in [-0.3, -0.25) is 10.1 Å². The Morgan fingerprint density at radius 3 is 2.88 bits per heavy atom. The van der Waals surface area contributed by atoms with Crippen LogP contribution in [-0.4, -0.2) is 16.7 Å². The Kier molecular flexibility index (Phi) is 3.74. The largest absolute Gasteiger partial charge is 0.454 e. The zero-order valence-electron chi connectivity index (χ0n) is 12.8. The van der Waals surface area contributed by atoms with Gasteiger partial charge in [-0.25, -0.2) is 4.98 Å². The lowest BCUT2D eigenvalue weighted by Gasteiger charge is -2.02. The summed E-state index contributed by atoms with van der Waals surface area (Å²) in [6, 6.07) is 11.9. The zero-order valence-corrected chi connectivity index (χ0v) is 13.6. The normalized spacial score (nSPS) is 12.8. The molecular weight excluding hydrogens is 344 g/mol. The van der Waals surface area contributed by atoms with Crippen LogP contribution in [-0.2, 0) is 0 Å². The Labute approximate surface area is 147 Å². The number of aromatic nitrogens is 1. The molecule has 0 amide bonds. The summed E-state index contributed by atoms with van der Waals surface area (Å²) in [5.41, 5.74) is 2.14. The number of non-ortho nitro benzene ring substituents is 1. The van der Waals surface area contributed by atoms with E-state index >= 15 is 0 Å². The van der Waals surface area contributed by atoms with Crippen LogP contribution in [0.15, 0.2) is 42.5 Å². The number of hydrogen-bond donors (Lipinski definition) is 0. The number of nitrogens with zero attached hydrogens (tertiary/aromatic N) is 2. The van der Waals surface area contributed by atoms with E-state index in [1.54, 1.807) is 30.3 Å². The van der Waals surface area contributed by atoms with Crippen LogP contribution in [0, 0.1) is 10.1 Å². The summed E-state index contributed by atoms with van der Waals surface area (Å²) < 4.78 is 10.6. The maximum absolute atomic E-state index is 11.1. The highest BCUT2D eigenvalue weighted by Gasteiger charge is 2.17. The molecule has 0 saturated heterocycles. The molecule has 0 aliphatic carbocycles.